The van der Waals surface area contributed by atoms with Crippen molar-refractivity contribution in [3.63, 3.8) is 0 Å². The zero-order chi connectivity index (χ0) is 32.1. The Morgan fingerprint density at radius 1 is 0.587 bits per heavy atom. The molecular weight excluding hydrogens is 592 g/mol. The molecule has 5 rings (SSSR count). The molecule has 2 N–H and O–H groups in total. The summed E-state index contributed by atoms with van der Waals surface area (Å²) < 4.78 is 33.7. The molecule has 0 bridgehead atoms. The van der Waals surface area contributed by atoms with E-state index in [4.69, 9.17) is 28.4 Å². The molecular formula is C34H32N4O8. The molecule has 0 saturated carbocycles. The van der Waals surface area contributed by atoms with Crippen LogP contribution in [0.2, 0.25) is 0 Å². The van der Waals surface area contributed by atoms with Crippen molar-refractivity contribution in [2.45, 2.75) is 12.6 Å². The first-order valence-corrected chi connectivity index (χ1v) is 14.2. The number of amides is 2. The third kappa shape index (κ3) is 8.91. The highest BCUT2D eigenvalue weighted by molar-refractivity contribution is 5.95. The molecule has 1 fully saturated rings. The molecule has 4 aromatic carbocycles. The molecule has 46 heavy (non-hydrogen) atoms. The van der Waals surface area contributed by atoms with Crippen molar-refractivity contribution in [2.24, 2.45) is 10.2 Å². The molecule has 4 aromatic rings. The van der Waals surface area contributed by atoms with Crippen LogP contribution in [0.3, 0.4) is 0 Å². The lowest BCUT2D eigenvalue weighted by atomic mass is 10.2. The average Bonchev–Trinajstić information content (AvgIpc) is 3.10. The van der Waals surface area contributed by atoms with Crippen LogP contribution >= 0.6 is 0 Å². The molecule has 12 heteroatoms. The van der Waals surface area contributed by atoms with Gasteiger partial charge in [-0.15, -0.1) is 0 Å². The number of ether oxygens (including phenoxy) is 6. The highest BCUT2D eigenvalue weighted by Crippen LogP contribution is 2.22. The molecule has 0 aromatic heterocycles. The number of nitrogens with one attached hydrogen (secondary N) is 2. The fourth-order valence-corrected chi connectivity index (χ4v) is 4.14. The van der Waals surface area contributed by atoms with E-state index < -0.39 is 12.6 Å². The molecule has 2 atom stereocenters. The van der Waals surface area contributed by atoms with Crippen LogP contribution in [0.5, 0.6) is 23.0 Å². The van der Waals surface area contributed by atoms with E-state index in [-0.39, 0.29) is 11.8 Å². The zero-order valence-corrected chi connectivity index (χ0v) is 25.1. The molecule has 0 spiro atoms. The maximum Gasteiger partial charge on any atom is 0.271 e. The van der Waals surface area contributed by atoms with Crippen LogP contribution in [0.25, 0.3) is 0 Å². The Kier molecular flexibility index (Phi) is 10.9. The van der Waals surface area contributed by atoms with Crippen molar-refractivity contribution >= 4 is 24.2 Å². The number of carbonyl (C=O) groups is 2. The van der Waals surface area contributed by atoms with Crippen LogP contribution in [0.4, 0.5) is 0 Å². The summed E-state index contributed by atoms with van der Waals surface area (Å²) in [4.78, 5) is 24.5. The summed E-state index contributed by atoms with van der Waals surface area (Å²) in [5.74, 6) is 1.72. The number of hydrogen-bond acceptors (Lipinski definition) is 10. The second-order valence-electron chi connectivity index (χ2n) is 9.71. The number of nitrogens with zero attached hydrogens (tertiary/aromatic N) is 2. The van der Waals surface area contributed by atoms with Gasteiger partial charge in [0.25, 0.3) is 24.4 Å². The zero-order valence-electron chi connectivity index (χ0n) is 25.1. The Bertz CT molecular complexity index is 1520. The lowest BCUT2D eigenvalue weighted by Gasteiger charge is -2.31. The van der Waals surface area contributed by atoms with Crippen molar-refractivity contribution in [3.8, 4) is 23.0 Å². The number of hydrazone groups is 2. The number of methoxy groups -OCH3 is 2. The summed E-state index contributed by atoms with van der Waals surface area (Å²) >= 11 is 0. The second kappa shape index (κ2) is 15.8. The van der Waals surface area contributed by atoms with Crippen LogP contribution in [-0.4, -0.2) is 64.3 Å². The number of benzene rings is 4. The summed E-state index contributed by atoms with van der Waals surface area (Å²) in [5.41, 5.74) is 7.42. The van der Waals surface area contributed by atoms with Gasteiger partial charge in [-0.1, -0.05) is 0 Å². The van der Waals surface area contributed by atoms with Crippen LogP contribution in [0.1, 0.15) is 31.8 Å². The van der Waals surface area contributed by atoms with Crippen molar-refractivity contribution in [2.75, 3.05) is 27.4 Å². The van der Waals surface area contributed by atoms with Gasteiger partial charge in [-0.3, -0.25) is 9.59 Å². The van der Waals surface area contributed by atoms with Gasteiger partial charge in [0.2, 0.25) is 0 Å². The van der Waals surface area contributed by atoms with Gasteiger partial charge >= 0.3 is 0 Å². The summed E-state index contributed by atoms with van der Waals surface area (Å²) in [6.45, 7) is 0.696. The van der Waals surface area contributed by atoms with Crippen LogP contribution in [0, 0.1) is 0 Å². The average molecular weight is 625 g/mol. The molecule has 236 valence electrons. The van der Waals surface area contributed by atoms with Gasteiger partial charge in [0.15, 0.2) is 0 Å². The third-order valence-corrected chi connectivity index (χ3v) is 6.60. The predicted octanol–water partition coefficient (Wildman–Crippen LogP) is 4.39. The molecule has 1 heterocycles. The van der Waals surface area contributed by atoms with E-state index >= 15 is 0 Å². The normalized spacial score (nSPS) is 16.1. The number of rotatable bonds is 12. The van der Waals surface area contributed by atoms with Crippen molar-refractivity contribution in [1.82, 2.24) is 10.9 Å². The molecule has 1 saturated heterocycles. The van der Waals surface area contributed by atoms with Crippen molar-refractivity contribution in [1.29, 1.82) is 0 Å². The quantitative estimate of drug-likeness (QED) is 0.175. The highest BCUT2D eigenvalue weighted by atomic mass is 16.8. The Balaban J connectivity index is 1.10. The minimum absolute atomic E-state index is 0.337. The van der Waals surface area contributed by atoms with Crippen LogP contribution < -0.4 is 29.8 Å². The summed E-state index contributed by atoms with van der Waals surface area (Å²) in [6.07, 6.45) is 1.43. The van der Waals surface area contributed by atoms with E-state index in [1.165, 1.54) is 12.4 Å². The Morgan fingerprint density at radius 3 is 1.28 bits per heavy atom. The monoisotopic (exact) mass is 624 g/mol. The number of carbonyl (C=O) groups excluding carboxylic acids is 2. The maximum atomic E-state index is 12.3. The van der Waals surface area contributed by atoms with Crippen LogP contribution in [0.15, 0.2) is 107 Å². The van der Waals surface area contributed by atoms with Gasteiger partial charge in [-0.2, -0.15) is 10.2 Å². The number of hydrogen-bond donors (Lipinski definition) is 2. The smallest absolute Gasteiger partial charge is 0.271 e. The molecule has 2 amide bonds. The van der Waals surface area contributed by atoms with Gasteiger partial charge in [0.05, 0.1) is 39.9 Å². The third-order valence-electron chi connectivity index (χ3n) is 6.60. The van der Waals surface area contributed by atoms with E-state index in [0.717, 1.165) is 11.1 Å². The van der Waals surface area contributed by atoms with Crippen LogP contribution in [-0.2, 0) is 9.47 Å². The SMILES string of the molecule is COc1ccc(C(=O)N/N=C\c2ccc(O[C@H]3OCCO[C@H]3Oc3ccc(/C=N\NC(=O)c4ccc(OC)cc4)cc3)cc2)cc1. The topological polar surface area (TPSA) is 138 Å². The molecule has 0 radical (unpaired) electrons. The van der Waals surface area contributed by atoms with Crippen molar-refractivity contribution in [3.05, 3.63) is 119 Å². The Hall–Kier alpha value is -5.72. The fraction of sp³-hybridized carbons (Fsp3) is 0.176. The van der Waals surface area contributed by atoms with Crippen molar-refractivity contribution < 1.29 is 38.0 Å². The molecule has 1 aliphatic rings. The van der Waals surface area contributed by atoms with Gasteiger partial charge in [-0.25, -0.2) is 10.9 Å². The fourth-order valence-electron chi connectivity index (χ4n) is 4.14. The first-order chi connectivity index (χ1) is 22.5. The lowest BCUT2D eigenvalue weighted by Crippen LogP contribution is -2.45. The van der Waals surface area contributed by atoms with Gasteiger partial charge in [0, 0.05) is 11.1 Å². The van der Waals surface area contributed by atoms with Gasteiger partial charge in [-0.05, 0) is 108 Å². The Morgan fingerprint density at radius 2 is 0.935 bits per heavy atom. The minimum Gasteiger partial charge on any atom is -0.497 e. The first kappa shape index (κ1) is 31.7. The molecule has 0 aliphatic carbocycles. The maximum absolute atomic E-state index is 12.3. The lowest BCUT2D eigenvalue weighted by molar-refractivity contribution is -0.271. The highest BCUT2D eigenvalue weighted by Gasteiger charge is 2.31. The Labute approximate surface area is 265 Å². The van der Waals surface area contributed by atoms with E-state index in [1.54, 1.807) is 111 Å². The molecule has 0 unspecified atom stereocenters. The van der Waals surface area contributed by atoms with Gasteiger partial charge in [0.1, 0.15) is 23.0 Å². The summed E-state index contributed by atoms with van der Waals surface area (Å²) in [5, 5.41) is 8.04. The molecule has 12 nitrogen and oxygen atoms in total. The van der Waals surface area contributed by atoms with E-state index in [9.17, 15) is 9.59 Å². The van der Waals surface area contributed by atoms with E-state index in [2.05, 4.69) is 21.1 Å². The molecule has 1 aliphatic heterocycles. The van der Waals surface area contributed by atoms with E-state index in [1.807, 2.05) is 0 Å². The second-order valence-corrected chi connectivity index (χ2v) is 9.71. The minimum atomic E-state index is -0.813. The largest absolute Gasteiger partial charge is 0.497 e. The standard InChI is InChI=1S/C34H32N4O8/c1-41-27-15-7-25(8-16-27)31(39)37-35-21-23-3-11-29(12-4-23)45-33-34(44-20-19-43-33)46-30-13-5-24(6-14-30)22-36-38-32(40)26-9-17-28(42-2)18-10-26/h3-18,21-22,33-34H,19-20H2,1-2H3,(H,37,39)(H,38,40)/b35-21-,36-22-/t33-,34+. The summed E-state index contributed by atoms with van der Waals surface area (Å²) in [6, 6.07) is 27.6. The predicted molar refractivity (Wildman–Crippen MR) is 170 cm³/mol. The van der Waals surface area contributed by atoms with Gasteiger partial charge < -0.3 is 28.4 Å². The first-order valence-electron chi connectivity index (χ1n) is 14.2. The van der Waals surface area contributed by atoms with E-state index in [0.29, 0.717) is 47.3 Å². The summed E-state index contributed by atoms with van der Waals surface area (Å²) in [7, 11) is 3.13.